The van der Waals surface area contributed by atoms with Crippen LogP contribution in [0.5, 0.6) is 0 Å². The second kappa shape index (κ2) is 10.8. The van der Waals surface area contributed by atoms with Gasteiger partial charge in [0.25, 0.3) is 0 Å². The van der Waals surface area contributed by atoms with Crippen molar-refractivity contribution in [3.05, 3.63) is 29.8 Å². The van der Waals surface area contributed by atoms with Crippen LogP contribution in [0.2, 0.25) is 0 Å². The molecule has 28 heavy (non-hydrogen) atoms. The van der Waals surface area contributed by atoms with E-state index in [2.05, 4.69) is 20.9 Å². The molecule has 3 rings (SSSR count). The fraction of sp³-hybridized carbons (Fsp3) is 0.579. The Labute approximate surface area is 181 Å². The van der Waals surface area contributed by atoms with Gasteiger partial charge in [0.1, 0.15) is 17.3 Å². The minimum Gasteiger partial charge on any atom is -0.365 e. The van der Waals surface area contributed by atoms with Gasteiger partial charge in [-0.25, -0.2) is 8.78 Å². The van der Waals surface area contributed by atoms with Crippen molar-refractivity contribution in [2.45, 2.75) is 32.2 Å². The van der Waals surface area contributed by atoms with Crippen molar-refractivity contribution in [3.63, 3.8) is 0 Å². The summed E-state index contributed by atoms with van der Waals surface area (Å²) in [7, 11) is 0. The summed E-state index contributed by atoms with van der Waals surface area (Å²) in [5.74, 6) is -0.116. The average molecular weight is 507 g/mol. The molecular weight excluding hydrogens is 479 g/mol. The number of hydrogen-bond donors (Lipinski definition) is 3. The first kappa shape index (κ1) is 22.6. The fourth-order valence-electron chi connectivity index (χ4n) is 3.22. The molecule has 1 aromatic rings. The molecule has 1 heterocycles. The molecule has 9 heteroatoms. The van der Waals surface area contributed by atoms with E-state index >= 15 is 0 Å². The third kappa shape index (κ3) is 6.18. The Morgan fingerprint density at radius 1 is 1.21 bits per heavy atom. The Morgan fingerprint density at radius 3 is 2.57 bits per heavy atom. The molecule has 2 aliphatic rings. The Hall–Kier alpha value is -1.65. The van der Waals surface area contributed by atoms with Crippen molar-refractivity contribution in [1.29, 1.82) is 0 Å². The van der Waals surface area contributed by atoms with Gasteiger partial charge in [-0.05, 0) is 38.3 Å². The maximum atomic E-state index is 14.0. The number of halogens is 3. The molecule has 2 fully saturated rings. The SMILES string of the molecule is CCNC(=NCCNC(=O)C1CC1)NC1CCN(c2c(F)cccc2F)C1.I. The monoisotopic (exact) mass is 507 g/mol. The molecule has 0 aromatic heterocycles. The van der Waals surface area contributed by atoms with Gasteiger partial charge in [0, 0.05) is 38.1 Å². The number of carbonyl (C=O) groups is 1. The van der Waals surface area contributed by atoms with Crippen LogP contribution in [0.4, 0.5) is 14.5 Å². The standard InChI is InChI=1S/C19H27F2N5O.HI/c1-2-22-19(24-10-9-23-18(27)13-6-7-13)25-14-8-11-26(12-14)17-15(20)4-3-5-16(17)21;/h3-5,13-14H,2,6-12H2,1H3,(H,23,27)(H2,22,24,25);1H. The summed E-state index contributed by atoms with van der Waals surface area (Å²) in [6.45, 7) is 4.74. The molecule has 6 nitrogen and oxygen atoms in total. The first-order valence-corrected chi connectivity index (χ1v) is 9.60. The normalized spacial score (nSPS) is 19.2. The molecule has 0 spiro atoms. The zero-order valence-corrected chi connectivity index (χ0v) is 18.3. The van der Waals surface area contributed by atoms with Gasteiger partial charge in [0.15, 0.2) is 5.96 Å². The summed E-state index contributed by atoms with van der Waals surface area (Å²) >= 11 is 0. The summed E-state index contributed by atoms with van der Waals surface area (Å²) in [5.41, 5.74) is 0.0338. The number of carbonyl (C=O) groups excluding carboxylic acids is 1. The number of guanidine groups is 1. The van der Waals surface area contributed by atoms with E-state index < -0.39 is 11.6 Å². The van der Waals surface area contributed by atoms with Crippen LogP contribution in [0, 0.1) is 17.6 Å². The number of nitrogens with zero attached hydrogens (tertiary/aromatic N) is 2. The Kier molecular flexibility index (Phi) is 8.71. The molecule has 1 aliphatic heterocycles. The van der Waals surface area contributed by atoms with Crippen LogP contribution in [0.25, 0.3) is 0 Å². The number of anilines is 1. The van der Waals surface area contributed by atoms with Gasteiger partial charge in [-0.2, -0.15) is 0 Å². The van der Waals surface area contributed by atoms with Crippen molar-refractivity contribution in [2.24, 2.45) is 10.9 Å². The maximum absolute atomic E-state index is 14.0. The second-order valence-electron chi connectivity index (χ2n) is 6.97. The lowest BCUT2D eigenvalue weighted by Crippen LogP contribution is -2.45. The van der Waals surface area contributed by atoms with Crippen LogP contribution in [0.15, 0.2) is 23.2 Å². The smallest absolute Gasteiger partial charge is 0.223 e. The number of para-hydroxylation sites is 1. The van der Waals surface area contributed by atoms with E-state index in [-0.39, 0.29) is 47.5 Å². The highest BCUT2D eigenvalue weighted by atomic mass is 127. The molecule has 1 saturated carbocycles. The maximum Gasteiger partial charge on any atom is 0.223 e. The predicted molar refractivity (Wildman–Crippen MR) is 117 cm³/mol. The first-order chi connectivity index (χ1) is 13.1. The number of aliphatic imine (C=N–C) groups is 1. The van der Waals surface area contributed by atoms with E-state index in [1.807, 2.05) is 6.92 Å². The number of hydrogen-bond acceptors (Lipinski definition) is 3. The molecule has 1 saturated heterocycles. The third-order valence-electron chi connectivity index (χ3n) is 4.76. The molecule has 1 aromatic carbocycles. The van der Waals surface area contributed by atoms with E-state index in [1.54, 1.807) is 4.90 Å². The van der Waals surface area contributed by atoms with Gasteiger partial charge in [-0.1, -0.05) is 6.07 Å². The van der Waals surface area contributed by atoms with Crippen LogP contribution in [0.3, 0.4) is 0 Å². The van der Waals surface area contributed by atoms with Crippen molar-refractivity contribution >= 4 is 41.5 Å². The molecule has 1 atom stereocenters. The van der Waals surface area contributed by atoms with Gasteiger partial charge in [-0.15, -0.1) is 24.0 Å². The van der Waals surface area contributed by atoms with Crippen molar-refractivity contribution < 1.29 is 13.6 Å². The van der Waals surface area contributed by atoms with Gasteiger partial charge in [-0.3, -0.25) is 9.79 Å². The van der Waals surface area contributed by atoms with Crippen LogP contribution < -0.4 is 20.9 Å². The first-order valence-electron chi connectivity index (χ1n) is 9.60. The van der Waals surface area contributed by atoms with E-state index in [4.69, 9.17) is 0 Å². The molecule has 1 unspecified atom stereocenters. The molecule has 3 N–H and O–H groups in total. The summed E-state index contributed by atoms with van der Waals surface area (Å²) in [6.07, 6.45) is 2.73. The van der Waals surface area contributed by atoms with Gasteiger partial charge >= 0.3 is 0 Å². The number of amides is 1. The van der Waals surface area contributed by atoms with Gasteiger partial charge in [0.2, 0.25) is 5.91 Å². The van der Waals surface area contributed by atoms with Crippen molar-refractivity contribution in [3.8, 4) is 0 Å². The van der Waals surface area contributed by atoms with Crippen LogP contribution in [-0.2, 0) is 4.79 Å². The zero-order valence-electron chi connectivity index (χ0n) is 16.0. The quantitative estimate of drug-likeness (QED) is 0.229. The average Bonchev–Trinajstić information content (AvgIpc) is 3.39. The van der Waals surface area contributed by atoms with Gasteiger partial charge < -0.3 is 20.9 Å². The lowest BCUT2D eigenvalue weighted by atomic mass is 10.2. The summed E-state index contributed by atoms with van der Waals surface area (Å²) in [4.78, 5) is 17.8. The lowest BCUT2D eigenvalue weighted by molar-refractivity contribution is -0.122. The van der Waals surface area contributed by atoms with Crippen LogP contribution in [-0.4, -0.2) is 50.6 Å². The molecule has 1 amide bonds. The second-order valence-corrected chi connectivity index (χ2v) is 6.97. The summed E-state index contributed by atoms with van der Waals surface area (Å²) in [5, 5.41) is 9.37. The largest absolute Gasteiger partial charge is 0.365 e. The minimum absolute atomic E-state index is 0. The molecule has 156 valence electrons. The third-order valence-corrected chi connectivity index (χ3v) is 4.76. The molecular formula is C19H28F2IN5O. The predicted octanol–water partition coefficient (Wildman–Crippen LogP) is 2.24. The van der Waals surface area contributed by atoms with E-state index in [0.717, 1.165) is 19.3 Å². The van der Waals surface area contributed by atoms with Gasteiger partial charge in [0.05, 0.1) is 6.54 Å². The molecule has 0 radical (unpaired) electrons. The van der Waals surface area contributed by atoms with Crippen LogP contribution in [0.1, 0.15) is 26.2 Å². The summed E-state index contributed by atoms with van der Waals surface area (Å²) < 4.78 is 27.9. The number of rotatable bonds is 7. The highest BCUT2D eigenvalue weighted by Crippen LogP contribution is 2.28. The fourth-order valence-corrected chi connectivity index (χ4v) is 3.22. The lowest BCUT2D eigenvalue weighted by Gasteiger charge is -2.21. The highest BCUT2D eigenvalue weighted by molar-refractivity contribution is 14.0. The number of benzene rings is 1. The van der Waals surface area contributed by atoms with E-state index in [1.165, 1.54) is 18.2 Å². The Balaban J connectivity index is 0.00000280. The van der Waals surface area contributed by atoms with E-state index in [9.17, 15) is 13.6 Å². The Bertz CT molecular complexity index is 679. The Morgan fingerprint density at radius 2 is 1.93 bits per heavy atom. The van der Waals surface area contributed by atoms with E-state index in [0.29, 0.717) is 38.7 Å². The topological polar surface area (TPSA) is 68.8 Å². The highest BCUT2D eigenvalue weighted by Gasteiger charge is 2.29. The minimum atomic E-state index is -0.539. The molecule has 0 bridgehead atoms. The summed E-state index contributed by atoms with van der Waals surface area (Å²) in [6, 6.07) is 3.97. The molecule has 1 aliphatic carbocycles. The van der Waals surface area contributed by atoms with Crippen molar-refractivity contribution in [2.75, 3.05) is 37.6 Å². The zero-order chi connectivity index (χ0) is 19.2. The van der Waals surface area contributed by atoms with Crippen molar-refractivity contribution in [1.82, 2.24) is 16.0 Å². The number of nitrogens with one attached hydrogen (secondary N) is 3. The van der Waals surface area contributed by atoms with Crippen LogP contribution >= 0.6 is 24.0 Å².